The number of aromatic carboxylic acids is 1. The Morgan fingerprint density at radius 3 is 2.79 bits per heavy atom. The molecule has 0 aliphatic heterocycles. The lowest BCUT2D eigenvalue weighted by molar-refractivity contribution is 0.0696. The maximum Gasteiger partial charge on any atom is 0.339 e. The van der Waals surface area contributed by atoms with E-state index >= 15 is 0 Å². The number of carbonyl (C=O) groups is 1. The highest BCUT2D eigenvalue weighted by atomic mass is 32.1. The second kappa shape index (κ2) is 5.40. The van der Waals surface area contributed by atoms with Crippen molar-refractivity contribution in [2.45, 2.75) is 20.4 Å². The first-order valence-corrected chi connectivity index (χ1v) is 6.82. The van der Waals surface area contributed by atoms with Gasteiger partial charge >= 0.3 is 5.97 Å². The van der Waals surface area contributed by atoms with Gasteiger partial charge in [0.1, 0.15) is 5.56 Å². The van der Waals surface area contributed by atoms with Crippen molar-refractivity contribution in [2.24, 2.45) is 0 Å². The first-order chi connectivity index (χ1) is 8.99. The lowest BCUT2D eigenvalue weighted by Crippen LogP contribution is -2.20. The Balaban J connectivity index is 2.40. The number of hydrogen-bond acceptors (Lipinski definition) is 4. The number of hydrogen-bond donors (Lipinski definition) is 1. The van der Waals surface area contributed by atoms with Gasteiger partial charge in [-0.1, -0.05) is 6.07 Å². The number of aromatic nitrogens is 1. The molecule has 0 fully saturated rings. The number of aryl methyl sites for hydroxylation is 2. The van der Waals surface area contributed by atoms with Crippen LogP contribution in [0.25, 0.3) is 0 Å². The molecule has 2 rings (SSSR count). The van der Waals surface area contributed by atoms with Gasteiger partial charge in [-0.3, -0.25) is 4.98 Å². The van der Waals surface area contributed by atoms with Crippen LogP contribution in [-0.2, 0) is 6.54 Å². The van der Waals surface area contributed by atoms with Crippen molar-refractivity contribution in [3.05, 3.63) is 45.4 Å². The number of carboxylic acids is 1. The van der Waals surface area contributed by atoms with E-state index in [1.807, 2.05) is 42.5 Å². The Labute approximate surface area is 116 Å². The molecule has 19 heavy (non-hydrogen) atoms. The molecule has 4 nitrogen and oxygen atoms in total. The van der Waals surface area contributed by atoms with E-state index in [0.717, 1.165) is 5.69 Å². The van der Waals surface area contributed by atoms with E-state index in [1.54, 1.807) is 18.3 Å². The van der Waals surface area contributed by atoms with Gasteiger partial charge in [-0.15, -0.1) is 11.3 Å². The molecule has 2 aromatic heterocycles. The van der Waals surface area contributed by atoms with E-state index in [2.05, 4.69) is 4.98 Å². The van der Waals surface area contributed by atoms with Crippen molar-refractivity contribution < 1.29 is 9.90 Å². The SMILES string of the molecule is Cc1cc(N(C)Cc2cccs2)c(C(=O)O)c(C)n1. The van der Waals surface area contributed by atoms with Crippen molar-refractivity contribution in [3.8, 4) is 0 Å². The zero-order chi connectivity index (χ0) is 14.0. The van der Waals surface area contributed by atoms with Crippen LogP contribution in [0.15, 0.2) is 23.6 Å². The van der Waals surface area contributed by atoms with Gasteiger partial charge in [-0.25, -0.2) is 4.79 Å². The first kappa shape index (κ1) is 13.5. The quantitative estimate of drug-likeness (QED) is 0.932. The van der Waals surface area contributed by atoms with Crippen LogP contribution in [0.4, 0.5) is 5.69 Å². The summed E-state index contributed by atoms with van der Waals surface area (Å²) in [5.74, 6) is -0.932. The van der Waals surface area contributed by atoms with Gasteiger partial charge in [-0.2, -0.15) is 0 Å². The Kier molecular flexibility index (Phi) is 3.85. The monoisotopic (exact) mass is 276 g/mol. The molecule has 0 aliphatic rings. The van der Waals surface area contributed by atoms with Crippen molar-refractivity contribution >= 4 is 23.0 Å². The predicted octanol–water partition coefficient (Wildman–Crippen LogP) is 3.09. The number of nitrogens with zero attached hydrogens (tertiary/aromatic N) is 2. The van der Waals surface area contributed by atoms with Crippen LogP contribution in [0, 0.1) is 13.8 Å². The molecule has 2 heterocycles. The number of thiophene rings is 1. The third-order valence-corrected chi connectivity index (χ3v) is 3.77. The molecule has 5 heteroatoms. The molecular weight excluding hydrogens is 260 g/mol. The minimum Gasteiger partial charge on any atom is -0.478 e. The van der Waals surface area contributed by atoms with Crippen LogP contribution in [0.5, 0.6) is 0 Å². The smallest absolute Gasteiger partial charge is 0.339 e. The van der Waals surface area contributed by atoms with E-state index in [4.69, 9.17) is 0 Å². The molecule has 0 saturated carbocycles. The normalized spacial score (nSPS) is 10.5. The predicted molar refractivity (Wildman–Crippen MR) is 77.1 cm³/mol. The average molecular weight is 276 g/mol. The molecule has 0 unspecified atom stereocenters. The molecule has 0 bridgehead atoms. The Bertz CT molecular complexity index is 594. The molecule has 0 radical (unpaired) electrons. The van der Waals surface area contributed by atoms with Gasteiger partial charge in [0.05, 0.1) is 17.9 Å². The molecule has 2 aromatic rings. The van der Waals surface area contributed by atoms with Crippen LogP contribution >= 0.6 is 11.3 Å². The molecule has 0 aromatic carbocycles. The molecule has 0 amide bonds. The summed E-state index contributed by atoms with van der Waals surface area (Å²) in [6.45, 7) is 4.31. The second-order valence-electron chi connectivity index (χ2n) is 4.48. The number of carboxylic acid groups (broad SMARTS) is 1. The van der Waals surface area contributed by atoms with Gasteiger partial charge in [0.15, 0.2) is 0 Å². The number of pyridine rings is 1. The maximum atomic E-state index is 11.4. The largest absolute Gasteiger partial charge is 0.478 e. The lowest BCUT2D eigenvalue weighted by atomic mass is 10.1. The minimum atomic E-state index is -0.932. The molecule has 1 N–H and O–H groups in total. The third kappa shape index (κ3) is 2.93. The summed E-state index contributed by atoms with van der Waals surface area (Å²) in [4.78, 5) is 18.8. The lowest BCUT2D eigenvalue weighted by Gasteiger charge is -2.22. The van der Waals surface area contributed by atoms with Gasteiger partial charge in [0.2, 0.25) is 0 Å². The summed E-state index contributed by atoms with van der Waals surface area (Å²) in [5, 5.41) is 11.4. The van der Waals surface area contributed by atoms with Gasteiger partial charge in [0.25, 0.3) is 0 Å². The molecule has 100 valence electrons. The van der Waals surface area contributed by atoms with Crippen LogP contribution in [0.1, 0.15) is 26.6 Å². The summed E-state index contributed by atoms with van der Waals surface area (Å²) in [5.41, 5.74) is 2.38. The van der Waals surface area contributed by atoms with Gasteiger partial charge < -0.3 is 10.0 Å². The van der Waals surface area contributed by atoms with Crippen molar-refractivity contribution in [1.29, 1.82) is 0 Å². The van der Waals surface area contributed by atoms with E-state index in [9.17, 15) is 9.90 Å². The van der Waals surface area contributed by atoms with Crippen LogP contribution < -0.4 is 4.90 Å². The molecule has 0 atom stereocenters. The zero-order valence-corrected chi connectivity index (χ0v) is 12.0. The van der Waals surface area contributed by atoms with Crippen LogP contribution in [-0.4, -0.2) is 23.1 Å². The standard InChI is InChI=1S/C14H16N2O2S/c1-9-7-12(13(14(17)18)10(2)15-9)16(3)8-11-5-4-6-19-11/h4-7H,8H2,1-3H3,(H,17,18). The van der Waals surface area contributed by atoms with Gasteiger partial charge in [-0.05, 0) is 31.4 Å². The highest BCUT2D eigenvalue weighted by Crippen LogP contribution is 2.25. The Morgan fingerprint density at radius 1 is 1.47 bits per heavy atom. The van der Waals surface area contributed by atoms with Crippen LogP contribution in [0.3, 0.4) is 0 Å². The van der Waals surface area contributed by atoms with E-state index in [-0.39, 0.29) is 5.56 Å². The Morgan fingerprint density at radius 2 is 2.21 bits per heavy atom. The average Bonchev–Trinajstić information content (AvgIpc) is 2.79. The van der Waals surface area contributed by atoms with Crippen molar-refractivity contribution in [3.63, 3.8) is 0 Å². The highest BCUT2D eigenvalue weighted by molar-refractivity contribution is 7.09. The van der Waals surface area contributed by atoms with E-state index < -0.39 is 5.97 Å². The number of rotatable bonds is 4. The molecule has 0 aliphatic carbocycles. The fourth-order valence-corrected chi connectivity index (χ4v) is 2.85. The maximum absolute atomic E-state index is 11.4. The van der Waals surface area contributed by atoms with E-state index in [1.165, 1.54) is 4.88 Å². The topological polar surface area (TPSA) is 53.4 Å². The zero-order valence-electron chi connectivity index (χ0n) is 11.2. The fourth-order valence-electron chi connectivity index (χ4n) is 2.09. The Hall–Kier alpha value is -1.88. The third-order valence-electron chi connectivity index (χ3n) is 2.91. The summed E-state index contributed by atoms with van der Waals surface area (Å²) < 4.78 is 0. The second-order valence-corrected chi connectivity index (χ2v) is 5.52. The summed E-state index contributed by atoms with van der Waals surface area (Å²) in [6, 6.07) is 5.86. The van der Waals surface area contributed by atoms with Gasteiger partial charge in [0, 0.05) is 17.6 Å². The fraction of sp³-hybridized carbons (Fsp3) is 0.286. The highest BCUT2D eigenvalue weighted by Gasteiger charge is 2.18. The summed E-state index contributed by atoms with van der Waals surface area (Å²) in [6.07, 6.45) is 0. The summed E-state index contributed by atoms with van der Waals surface area (Å²) >= 11 is 1.66. The molecular formula is C14H16N2O2S. The summed E-state index contributed by atoms with van der Waals surface area (Å²) in [7, 11) is 1.90. The van der Waals surface area contributed by atoms with Crippen molar-refractivity contribution in [2.75, 3.05) is 11.9 Å². The van der Waals surface area contributed by atoms with Crippen LogP contribution in [0.2, 0.25) is 0 Å². The minimum absolute atomic E-state index is 0.282. The van der Waals surface area contributed by atoms with Crippen molar-refractivity contribution in [1.82, 2.24) is 4.98 Å². The first-order valence-electron chi connectivity index (χ1n) is 5.94. The molecule has 0 saturated heterocycles. The molecule has 0 spiro atoms. The van der Waals surface area contributed by atoms with E-state index in [0.29, 0.717) is 17.9 Å². The number of anilines is 1.